The smallest absolute Gasteiger partial charge is 0.337 e. The summed E-state index contributed by atoms with van der Waals surface area (Å²) in [6, 6.07) is 7.69. The Morgan fingerprint density at radius 1 is 1.19 bits per heavy atom. The first kappa shape index (κ1) is 17.3. The lowest BCUT2D eigenvalue weighted by Gasteiger charge is -2.28. The second-order valence-electron chi connectivity index (χ2n) is 7.46. The van der Waals surface area contributed by atoms with Crippen LogP contribution in [-0.2, 0) is 16.1 Å². The number of carbonyl (C=O) groups excluding carboxylic acids is 1. The standard InChI is InChI=1S/C20H21N3O4/c1-10(2)8-23-17-16(18(24)22-20(23)26)14(12-6-4-11(3)5-7-12)15-13(21-17)9-27-19(15)25/h4-7,10,14,21H,8-9H2,1-3H3,(H,22,24,26). The van der Waals surface area contributed by atoms with E-state index in [0.717, 1.165) is 11.1 Å². The van der Waals surface area contributed by atoms with Crippen LogP contribution in [0.3, 0.4) is 0 Å². The molecular formula is C20H21N3O4. The summed E-state index contributed by atoms with van der Waals surface area (Å²) in [7, 11) is 0. The minimum absolute atomic E-state index is 0.110. The number of aromatic amines is 1. The van der Waals surface area contributed by atoms with E-state index >= 15 is 0 Å². The van der Waals surface area contributed by atoms with Gasteiger partial charge in [0.15, 0.2) is 0 Å². The highest BCUT2D eigenvalue weighted by molar-refractivity contribution is 5.96. The number of aryl methyl sites for hydroxylation is 1. The van der Waals surface area contributed by atoms with Gasteiger partial charge in [-0.1, -0.05) is 43.7 Å². The number of fused-ring (bicyclic) bond motifs is 1. The lowest BCUT2D eigenvalue weighted by atomic mass is 9.82. The normalized spacial score (nSPS) is 18.2. The Bertz CT molecular complexity index is 1070. The van der Waals surface area contributed by atoms with Crippen molar-refractivity contribution in [3.05, 3.63) is 73.1 Å². The van der Waals surface area contributed by atoms with E-state index in [0.29, 0.717) is 29.2 Å². The Labute approximate surface area is 155 Å². The maximum Gasteiger partial charge on any atom is 0.337 e. The molecule has 1 aromatic carbocycles. The van der Waals surface area contributed by atoms with Crippen molar-refractivity contribution in [2.24, 2.45) is 5.92 Å². The SMILES string of the molecule is Cc1ccc(C2C3=C(COC3=O)Nc3c2c(=O)[nH]c(=O)n3CC(C)C)cc1. The van der Waals surface area contributed by atoms with E-state index in [1.807, 2.05) is 45.0 Å². The second kappa shape index (κ2) is 6.26. The monoisotopic (exact) mass is 367 g/mol. The summed E-state index contributed by atoms with van der Waals surface area (Å²) in [6.07, 6.45) is 0. The molecule has 2 aliphatic rings. The summed E-state index contributed by atoms with van der Waals surface area (Å²) >= 11 is 0. The van der Waals surface area contributed by atoms with Gasteiger partial charge in [0.25, 0.3) is 5.56 Å². The van der Waals surface area contributed by atoms with E-state index in [2.05, 4.69) is 10.3 Å². The van der Waals surface area contributed by atoms with Gasteiger partial charge >= 0.3 is 11.7 Å². The highest BCUT2D eigenvalue weighted by atomic mass is 16.5. The molecule has 4 rings (SSSR count). The minimum atomic E-state index is -0.574. The van der Waals surface area contributed by atoms with Crippen LogP contribution in [0.25, 0.3) is 0 Å². The van der Waals surface area contributed by atoms with Gasteiger partial charge in [-0.05, 0) is 18.4 Å². The van der Waals surface area contributed by atoms with Crippen LogP contribution < -0.4 is 16.6 Å². The first-order chi connectivity index (χ1) is 12.9. The zero-order valence-electron chi connectivity index (χ0n) is 15.5. The molecule has 2 N–H and O–H groups in total. The number of hydrogen-bond acceptors (Lipinski definition) is 5. The Morgan fingerprint density at radius 2 is 1.89 bits per heavy atom. The molecule has 0 saturated heterocycles. The second-order valence-corrected chi connectivity index (χ2v) is 7.46. The Morgan fingerprint density at radius 3 is 2.56 bits per heavy atom. The molecule has 0 fully saturated rings. The maximum atomic E-state index is 12.8. The molecular weight excluding hydrogens is 346 g/mol. The van der Waals surface area contributed by atoms with Gasteiger partial charge in [0.2, 0.25) is 0 Å². The van der Waals surface area contributed by atoms with E-state index in [4.69, 9.17) is 4.74 Å². The topological polar surface area (TPSA) is 93.2 Å². The van der Waals surface area contributed by atoms with Crippen LogP contribution in [0.5, 0.6) is 0 Å². The van der Waals surface area contributed by atoms with Gasteiger partial charge in [0.05, 0.1) is 22.8 Å². The molecule has 1 atom stereocenters. The molecule has 7 nitrogen and oxygen atoms in total. The van der Waals surface area contributed by atoms with E-state index in [-0.39, 0.29) is 12.5 Å². The van der Waals surface area contributed by atoms with Crippen molar-refractivity contribution in [3.8, 4) is 0 Å². The quantitative estimate of drug-likeness (QED) is 0.808. The molecule has 0 amide bonds. The first-order valence-corrected chi connectivity index (χ1v) is 8.97. The molecule has 0 aliphatic carbocycles. The zero-order chi connectivity index (χ0) is 19.3. The molecule has 27 heavy (non-hydrogen) atoms. The molecule has 140 valence electrons. The van der Waals surface area contributed by atoms with E-state index in [9.17, 15) is 14.4 Å². The molecule has 1 unspecified atom stereocenters. The number of anilines is 1. The predicted octanol–water partition coefficient (Wildman–Crippen LogP) is 1.87. The van der Waals surface area contributed by atoms with Gasteiger partial charge in [0, 0.05) is 6.54 Å². The molecule has 0 spiro atoms. The highest BCUT2D eigenvalue weighted by Crippen LogP contribution is 2.42. The van der Waals surface area contributed by atoms with Gasteiger partial charge in [0.1, 0.15) is 12.4 Å². The van der Waals surface area contributed by atoms with Crippen LogP contribution in [0, 0.1) is 12.8 Å². The number of esters is 1. The fourth-order valence-electron chi connectivity index (χ4n) is 3.72. The molecule has 0 saturated carbocycles. The number of rotatable bonds is 3. The number of nitrogens with zero attached hydrogens (tertiary/aromatic N) is 1. The summed E-state index contributed by atoms with van der Waals surface area (Å²) in [4.78, 5) is 40.1. The summed E-state index contributed by atoms with van der Waals surface area (Å²) in [6.45, 7) is 6.53. The number of aromatic nitrogens is 2. The van der Waals surface area contributed by atoms with Crippen molar-refractivity contribution in [1.82, 2.24) is 9.55 Å². The van der Waals surface area contributed by atoms with Crippen molar-refractivity contribution >= 4 is 11.8 Å². The summed E-state index contributed by atoms with van der Waals surface area (Å²) < 4.78 is 6.76. The summed E-state index contributed by atoms with van der Waals surface area (Å²) in [5, 5.41) is 3.13. The van der Waals surface area contributed by atoms with Gasteiger partial charge in [-0.2, -0.15) is 0 Å². The number of H-pyrrole nitrogens is 1. The Balaban J connectivity index is 2.01. The van der Waals surface area contributed by atoms with Gasteiger partial charge in [-0.15, -0.1) is 0 Å². The lowest BCUT2D eigenvalue weighted by molar-refractivity contribution is -0.136. The molecule has 3 heterocycles. The van der Waals surface area contributed by atoms with Crippen LogP contribution in [0.1, 0.15) is 36.5 Å². The largest absolute Gasteiger partial charge is 0.456 e. The Hall–Kier alpha value is -3.09. The molecule has 2 aromatic rings. The van der Waals surface area contributed by atoms with Crippen LogP contribution in [0.4, 0.5) is 5.82 Å². The fourth-order valence-corrected chi connectivity index (χ4v) is 3.72. The number of cyclic esters (lactones) is 1. The third-order valence-electron chi connectivity index (χ3n) is 4.93. The average molecular weight is 367 g/mol. The zero-order valence-corrected chi connectivity index (χ0v) is 15.5. The third kappa shape index (κ3) is 2.79. The molecule has 1 aromatic heterocycles. The van der Waals surface area contributed by atoms with Crippen LogP contribution >= 0.6 is 0 Å². The van der Waals surface area contributed by atoms with Gasteiger partial charge < -0.3 is 10.1 Å². The van der Waals surface area contributed by atoms with Crippen LogP contribution in [0.15, 0.2) is 45.1 Å². The van der Waals surface area contributed by atoms with Gasteiger partial charge in [-0.25, -0.2) is 9.59 Å². The number of carbonyl (C=O) groups is 1. The number of benzene rings is 1. The van der Waals surface area contributed by atoms with Crippen LogP contribution in [0.2, 0.25) is 0 Å². The highest BCUT2D eigenvalue weighted by Gasteiger charge is 2.41. The van der Waals surface area contributed by atoms with Gasteiger partial charge in [-0.3, -0.25) is 14.3 Å². The molecule has 7 heteroatoms. The third-order valence-corrected chi connectivity index (χ3v) is 4.93. The number of ether oxygens (including phenoxy) is 1. The maximum absolute atomic E-state index is 12.8. The van der Waals surface area contributed by atoms with Crippen molar-refractivity contribution in [1.29, 1.82) is 0 Å². The van der Waals surface area contributed by atoms with Crippen LogP contribution in [-0.4, -0.2) is 22.1 Å². The van der Waals surface area contributed by atoms with Crippen molar-refractivity contribution < 1.29 is 9.53 Å². The fraction of sp³-hybridized carbons (Fsp3) is 0.350. The number of hydrogen-bond donors (Lipinski definition) is 2. The lowest BCUT2D eigenvalue weighted by Crippen LogP contribution is -2.39. The molecule has 0 radical (unpaired) electrons. The Kier molecular flexibility index (Phi) is 4.02. The molecule has 2 aliphatic heterocycles. The van der Waals surface area contributed by atoms with Crippen molar-refractivity contribution in [3.63, 3.8) is 0 Å². The predicted molar refractivity (Wildman–Crippen MR) is 101 cm³/mol. The first-order valence-electron chi connectivity index (χ1n) is 8.97. The van der Waals surface area contributed by atoms with E-state index in [1.54, 1.807) is 0 Å². The van der Waals surface area contributed by atoms with Crippen molar-refractivity contribution in [2.45, 2.75) is 33.2 Å². The van der Waals surface area contributed by atoms with E-state index in [1.165, 1.54) is 4.57 Å². The van der Waals surface area contributed by atoms with E-state index < -0.39 is 23.1 Å². The average Bonchev–Trinajstić information content (AvgIpc) is 2.98. The number of nitrogens with one attached hydrogen (secondary N) is 2. The van der Waals surface area contributed by atoms with Crippen molar-refractivity contribution in [2.75, 3.05) is 11.9 Å². The summed E-state index contributed by atoms with van der Waals surface area (Å²) in [5.74, 6) is -0.362. The minimum Gasteiger partial charge on any atom is -0.456 e. The summed E-state index contributed by atoms with van der Waals surface area (Å²) in [5.41, 5.74) is 2.37. The molecule has 0 bridgehead atoms.